The molecule has 0 saturated carbocycles. The molecule has 2 saturated heterocycles. The van der Waals surface area contributed by atoms with E-state index in [2.05, 4.69) is 11.8 Å². The van der Waals surface area contributed by atoms with Crippen LogP contribution in [0.1, 0.15) is 26.7 Å². The van der Waals surface area contributed by atoms with E-state index in [9.17, 15) is 9.59 Å². The number of nitrogens with zero attached hydrogens (tertiary/aromatic N) is 3. The number of hydrogen-bond donors (Lipinski definition) is 0. The van der Waals surface area contributed by atoms with Crippen molar-refractivity contribution in [3.63, 3.8) is 0 Å². The maximum Gasteiger partial charge on any atom is 0.227 e. The standard InChI is InChI=1S/C14H25N3O2/c1-3-15-7-9-16(10-8-15)14(19)13-5-4-6-17(11-13)12(2)18/h13H,3-11H2,1-2H3. The van der Waals surface area contributed by atoms with Crippen LogP contribution < -0.4 is 0 Å². The van der Waals surface area contributed by atoms with Gasteiger partial charge in [0.2, 0.25) is 11.8 Å². The smallest absolute Gasteiger partial charge is 0.227 e. The number of hydrogen-bond acceptors (Lipinski definition) is 3. The summed E-state index contributed by atoms with van der Waals surface area (Å²) < 4.78 is 0. The van der Waals surface area contributed by atoms with Crippen molar-refractivity contribution >= 4 is 11.8 Å². The van der Waals surface area contributed by atoms with Crippen molar-refractivity contribution in [1.29, 1.82) is 0 Å². The Hall–Kier alpha value is -1.10. The fourth-order valence-corrected chi connectivity index (χ4v) is 3.01. The van der Waals surface area contributed by atoms with Gasteiger partial charge in [-0.15, -0.1) is 0 Å². The maximum absolute atomic E-state index is 12.5. The van der Waals surface area contributed by atoms with Crippen LogP contribution in [0.5, 0.6) is 0 Å². The molecular weight excluding hydrogens is 242 g/mol. The van der Waals surface area contributed by atoms with Crippen molar-refractivity contribution in [2.75, 3.05) is 45.8 Å². The van der Waals surface area contributed by atoms with Crippen molar-refractivity contribution in [2.45, 2.75) is 26.7 Å². The molecule has 2 heterocycles. The Morgan fingerprint density at radius 1 is 1.05 bits per heavy atom. The molecule has 0 aromatic carbocycles. The summed E-state index contributed by atoms with van der Waals surface area (Å²) in [6, 6.07) is 0. The highest BCUT2D eigenvalue weighted by Gasteiger charge is 2.31. The number of piperidine rings is 1. The number of piperazine rings is 1. The molecule has 1 unspecified atom stereocenters. The highest BCUT2D eigenvalue weighted by molar-refractivity contribution is 5.81. The molecule has 2 rings (SSSR count). The lowest BCUT2D eigenvalue weighted by molar-refractivity contribution is -0.141. The van der Waals surface area contributed by atoms with Crippen LogP contribution in [0.25, 0.3) is 0 Å². The largest absolute Gasteiger partial charge is 0.342 e. The molecule has 0 aromatic rings. The molecule has 5 heteroatoms. The molecule has 19 heavy (non-hydrogen) atoms. The Morgan fingerprint density at radius 2 is 1.74 bits per heavy atom. The van der Waals surface area contributed by atoms with E-state index in [-0.39, 0.29) is 17.7 Å². The van der Waals surface area contributed by atoms with Gasteiger partial charge in [0.15, 0.2) is 0 Å². The van der Waals surface area contributed by atoms with E-state index >= 15 is 0 Å². The van der Waals surface area contributed by atoms with Crippen LogP contribution >= 0.6 is 0 Å². The van der Waals surface area contributed by atoms with Crippen LogP contribution in [0.2, 0.25) is 0 Å². The summed E-state index contributed by atoms with van der Waals surface area (Å²) in [5.74, 6) is 0.362. The summed E-state index contributed by atoms with van der Waals surface area (Å²) in [6.07, 6.45) is 1.88. The zero-order valence-electron chi connectivity index (χ0n) is 12.1. The summed E-state index contributed by atoms with van der Waals surface area (Å²) in [5, 5.41) is 0. The first-order valence-electron chi connectivity index (χ1n) is 7.38. The average Bonchev–Trinajstić information content (AvgIpc) is 2.46. The number of amides is 2. The molecule has 0 bridgehead atoms. The molecule has 108 valence electrons. The van der Waals surface area contributed by atoms with Gasteiger partial charge in [-0.3, -0.25) is 9.59 Å². The summed E-state index contributed by atoms with van der Waals surface area (Å²) in [5.41, 5.74) is 0. The highest BCUT2D eigenvalue weighted by Crippen LogP contribution is 2.19. The third kappa shape index (κ3) is 3.47. The van der Waals surface area contributed by atoms with E-state index in [1.165, 1.54) is 0 Å². The second-order valence-corrected chi connectivity index (χ2v) is 5.56. The van der Waals surface area contributed by atoms with E-state index in [1.54, 1.807) is 6.92 Å². The monoisotopic (exact) mass is 267 g/mol. The van der Waals surface area contributed by atoms with E-state index in [0.29, 0.717) is 6.54 Å². The molecule has 0 aromatic heterocycles. The van der Waals surface area contributed by atoms with E-state index in [0.717, 1.165) is 52.1 Å². The van der Waals surface area contributed by atoms with Gasteiger partial charge in [-0.05, 0) is 19.4 Å². The van der Waals surface area contributed by atoms with E-state index in [1.807, 2.05) is 9.80 Å². The molecule has 5 nitrogen and oxygen atoms in total. The van der Waals surface area contributed by atoms with Crippen molar-refractivity contribution < 1.29 is 9.59 Å². The third-order valence-corrected chi connectivity index (χ3v) is 4.35. The van der Waals surface area contributed by atoms with Crippen molar-refractivity contribution in [1.82, 2.24) is 14.7 Å². The molecule has 0 aliphatic carbocycles. The Morgan fingerprint density at radius 3 is 2.32 bits per heavy atom. The average molecular weight is 267 g/mol. The second kappa shape index (κ2) is 6.37. The molecular formula is C14H25N3O2. The van der Waals surface area contributed by atoms with Crippen LogP contribution in [0.3, 0.4) is 0 Å². The Bertz CT molecular complexity index is 338. The minimum absolute atomic E-state index is 0.0193. The van der Waals surface area contributed by atoms with Crippen molar-refractivity contribution in [3.8, 4) is 0 Å². The van der Waals surface area contributed by atoms with Gasteiger partial charge in [-0.1, -0.05) is 6.92 Å². The quantitative estimate of drug-likeness (QED) is 0.728. The van der Waals surface area contributed by atoms with Gasteiger partial charge in [-0.25, -0.2) is 0 Å². The maximum atomic E-state index is 12.5. The van der Waals surface area contributed by atoms with Crippen molar-refractivity contribution in [3.05, 3.63) is 0 Å². The lowest BCUT2D eigenvalue weighted by atomic mass is 9.96. The van der Waals surface area contributed by atoms with Crippen LogP contribution in [-0.2, 0) is 9.59 Å². The fraction of sp³-hybridized carbons (Fsp3) is 0.857. The number of likely N-dealkylation sites (tertiary alicyclic amines) is 1. The lowest BCUT2D eigenvalue weighted by Crippen LogP contribution is -2.52. The van der Waals surface area contributed by atoms with Crippen LogP contribution in [-0.4, -0.2) is 72.3 Å². The number of carbonyl (C=O) groups is 2. The first kappa shape index (κ1) is 14.3. The van der Waals surface area contributed by atoms with Gasteiger partial charge in [0.1, 0.15) is 0 Å². The molecule has 1 atom stereocenters. The van der Waals surface area contributed by atoms with Crippen LogP contribution in [0.15, 0.2) is 0 Å². The van der Waals surface area contributed by atoms with Gasteiger partial charge in [0, 0.05) is 46.2 Å². The molecule has 2 amide bonds. The van der Waals surface area contributed by atoms with Crippen LogP contribution in [0.4, 0.5) is 0 Å². The SMILES string of the molecule is CCN1CCN(C(=O)C2CCCN(C(C)=O)C2)CC1. The number of rotatable bonds is 2. The third-order valence-electron chi connectivity index (χ3n) is 4.35. The van der Waals surface area contributed by atoms with Crippen LogP contribution in [0, 0.1) is 5.92 Å². The Kier molecular flexibility index (Phi) is 4.80. The summed E-state index contributed by atoms with van der Waals surface area (Å²) >= 11 is 0. The normalized spacial score (nSPS) is 25.5. The lowest BCUT2D eigenvalue weighted by Gasteiger charge is -2.38. The van der Waals surface area contributed by atoms with Gasteiger partial charge in [0.05, 0.1) is 5.92 Å². The molecule has 0 N–H and O–H groups in total. The minimum Gasteiger partial charge on any atom is -0.342 e. The molecule has 2 aliphatic rings. The number of likely N-dealkylation sites (N-methyl/N-ethyl adjacent to an activating group) is 1. The van der Waals surface area contributed by atoms with Gasteiger partial charge in [0.25, 0.3) is 0 Å². The second-order valence-electron chi connectivity index (χ2n) is 5.56. The Labute approximate surface area is 115 Å². The molecule has 2 aliphatic heterocycles. The van der Waals surface area contributed by atoms with Gasteiger partial charge < -0.3 is 14.7 Å². The summed E-state index contributed by atoms with van der Waals surface area (Å²) in [7, 11) is 0. The summed E-state index contributed by atoms with van der Waals surface area (Å²) in [6.45, 7) is 9.86. The minimum atomic E-state index is 0.0193. The first-order valence-corrected chi connectivity index (χ1v) is 7.38. The first-order chi connectivity index (χ1) is 9.11. The zero-order valence-corrected chi connectivity index (χ0v) is 12.1. The fourth-order valence-electron chi connectivity index (χ4n) is 3.01. The predicted octanol–water partition coefficient (Wildman–Crippen LogP) is 0.409. The highest BCUT2D eigenvalue weighted by atomic mass is 16.2. The van der Waals surface area contributed by atoms with E-state index < -0.39 is 0 Å². The molecule has 0 spiro atoms. The molecule has 2 fully saturated rings. The summed E-state index contributed by atoms with van der Waals surface area (Å²) in [4.78, 5) is 30.1. The number of carbonyl (C=O) groups excluding carboxylic acids is 2. The predicted molar refractivity (Wildman–Crippen MR) is 73.7 cm³/mol. The van der Waals surface area contributed by atoms with Gasteiger partial charge in [-0.2, -0.15) is 0 Å². The zero-order chi connectivity index (χ0) is 13.8. The topological polar surface area (TPSA) is 43.9 Å². The molecule has 0 radical (unpaired) electrons. The Balaban J connectivity index is 1.87. The van der Waals surface area contributed by atoms with Gasteiger partial charge >= 0.3 is 0 Å². The van der Waals surface area contributed by atoms with Crippen molar-refractivity contribution in [2.24, 2.45) is 5.92 Å². The van der Waals surface area contributed by atoms with E-state index in [4.69, 9.17) is 0 Å².